The van der Waals surface area contributed by atoms with Gasteiger partial charge >= 0.3 is 0 Å². The van der Waals surface area contributed by atoms with Gasteiger partial charge in [0.2, 0.25) is 0 Å². The number of hydrogen-bond acceptors (Lipinski definition) is 2. The van der Waals surface area contributed by atoms with Crippen LogP contribution in [-0.4, -0.2) is 21.3 Å². The molecule has 25 heavy (non-hydrogen) atoms. The summed E-state index contributed by atoms with van der Waals surface area (Å²) in [5, 5.41) is 3.08. The van der Waals surface area contributed by atoms with Crippen molar-refractivity contribution in [2.24, 2.45) is 5.92 Å². The molecule has 1 amide bonds. The predicted octanol–water partition coefficient (Wildman–Crippen LogP) is 3.98. The molecule has 4 nitrogen and oxygen atoms in total. The van der Waals surface area contributed by atoms with Gasteiger partial charge in [-0.2, -0.15) is 0 Å². The maximum Gasteiger partial charge on any atom is 0.255 e. The molecule has 1 aliphatic carbocycles. The van der Waals surface area contributed by atoms with E-state index in [1.54, 1.807) is 18.2 Å². The van der Waals surface area contributed by atoms with Crippen molar-refractivity contribution < 1.29 is 9.18 Å². The molecule has 0 spiro atoms. The summed E-state index contributed by atoms with van der Waals surface area (Å²) in [6, 6.07) is 8.24. The van der Waals surface area contributed by atoms with E-state index in [2.05, 4.69) is 12.2 Å². The van der Waals surface area contributed by atoms with Crippen molar-refractivity contribution >= 4 is 11.6 Å². The molecular weight excluding hydrogens is 317 g/mol. The highest BCUT2D eigenvalue weighted by Gasteiger charge is 2.29. The number of rotatable bonds is 4. The maximum absolute atomic E-state index is 13.2. The van der Waals surface area contributed by atoms with Crippen LogP contribution in [0, 0.1) is 18.7 Å². The number of benzene rings is 1. The zero-order chi connectivity index (χ0) is 17.6. The van der Waals surface area contributed by atoms with Crippen LogP contribution in [0.4, 0.5) is 4.39 Å². The lowest BCUT2D eigenvalue weighted by molar-refractivity contribution is 0.0937. The molecule has 1 aromatic carbocycles. The number of aryl methyl sites for hydroxylation is 1. The van der Waals surface area contributed by atoms with Crippen molar-refractivity contribution in [3.63, 3.8) is 0 Å². The number of amides is 1. The Morgan fingerprint density at radius 1 is 1.28 bits per heavy atom. The van der Waals surface area contributed by atoms with Gasteiger partial charge in [-0.15, -0.1) is 0 Å². The lowest BCUT2D eigenvalue weighted by atomic mass is 10.1. The topological polar surface area (TPSA) is 46.4 Å². The lowest BCUT2D eigenvalue weighted by Crippen LogP contribution is -2.34. The van der Waals surface area contributed by atoms with Gasteiger partial charge in [-0.05, 0) is 68.5 Å². The van der Waals surface area contributed by atoms with Crippen molar-refractivity contribution in [3.8, 4) is 11.3 Å². The fourth-order valence-corrected chi connectivity index (χ4v) is 3.20. The van der Waals surface area contributed by atoms with E-state index in [9.17, 15) is 9.18 Å². The molecule has 0 aliphatic heterocycles. The highest BCUT2D eigenvalue weighted by Crippen LogP contribution is 2.32. The molecule has 1 N–H and O–H groups in total. The fraction of sp³-hybridized carbons (Fsp3) is 0.300. The van der Waals surface area contributed by atoms with E-state index in [1.807, 2.05) is 23.7 Å². The second-order valence-electron chi connectivity index (χ2n) is 6.84. The number of nitrogens with one attached hydrogen (secondary N) is 1. The van der Waals surface area contributed by atoms with Crippen LogP contribution in [0.1, 0.15) is 35.7 Å². The second-order valence-corrected chi connectivity index (χ2v) is 6.84. The minimum atomic E-state index is -0.278. The minimum Gasteiger partial charge on any atom is -0.349 e. The Bertz CT molecular complexity index is 941. The molecule has 1 unspecified atom stereocenters. The summed E-state index contributed by atoms with van der Waals surface area (Å²) in [7, 11) is 0. The molecule has 1 saturated carbocycles. The number of aromatic nitrogens is 2. The van der Waals surface area contributed by atoms with Crippen molar-refractivity contribution in [2.75, 3.05) is 0 Å². The van der Waals surface area contributed by atoms with Crippen molar-refractivity contribution in [2.45, 2.75) is 32.7 Å². The van der Waals surface area contributed by atoms with Crippen LogP contribution in [0.3, 0.4) is 0 Å². The van der Waals surface area contributed by atoms with Gasteiger partial charge in [-0.25, -0.2) is 9.37 Å². The molecule has 128 valence electrons. The molecule has 0 radical (unpaired) electrons. The predicted molar refractivity (Wildman–Crippen MR) is 95.0 cm³/mol. The smallest absolute Gasteiger partial charge is 0.255 e. The Labute approximate surface area is 145 Å². The summed E-state index contributed by atoms with van der Waals surface area (Å²) in [6.45, 7) is 4.01. The lowest BCUT2D eigenvalue weighted by Gasteiger charge is -2.12. The number of fused-ring (bicyclic) bond motifs is 1. The zero-order valence-electron chi connectivity index (χ0n) is 14.3. The molecule has 1 aliphatic rings. The number of carbonyl (C=O) groups is 1. The van der Waals surface area contributed by atoms with E-state index in [-0.39, 0.29) is 17.8 Å². The highest BCUT2D eigenvalue weighted by atomic mass is 19.1. The molecule has 1 atom stereocenters. The Morgan fingerprint density at radius 3 is 2.68 bits per heavy atom. The molecule has 2 heterocycles. The SMILES string of the molecule is Cc1cn2ccc(C(=O)NC(C)C3CC3)c2nc1-c1ccc(F)cc1. The second kappa shape index (κ2) is 5.99. The van der Waals surface area contributed by atoms with Crippen molar-refractivity contribution in [1.82, 2.24) is 14.7 Å². The molecule has 0 saturated heterocycles. The van der Waals surface area contributed by atoms with Crippen molar-refractivity contribution in [3.05, 3.63) is 59.7 Å². The standard InChI is InChI=1S/C20H20FN3O/c1-12-11-24-10-9-17(20(25)22-13(2)14-3-4-14)19(24)23-18(12)15-5-7-16(21)8-6-15/h5-11,13-14H,3-4H2,1-2H3,(H,22,25). The summed E-state index contributed by atoms with van der Waals surface area (Å²) in [5.41, 5.74) is 3.74. The largest absolute Gasteiger partial charge is 0.349 e. The minimum absolute atomic E-state index is 0.0942. The third-order valence-corrected chi connectivity index (χ3v) is 4.86. The number of hydrogen-bond donors (Lipinski definition) is 1. The Hall–Kier alpha value is -2.69. The molecule has 1 fully saturated rings. The third-order valence-electron chi connectivity index (χ3n) is 4.86. The van der Waals surface area contributed by atoms with Gasteiger partial charge < -0.3 is 9.72 Å². The molecule has 0 bridgehead atoms. The van der Waals surface area contributed by atoms with Gasteiger partial charge in [-0.3, -0.25) is 4.79 Å². The van der Waals surface area contributed by atoms with Crippen LogP contribution in [0.5, 0.6) is 0 Å². The van der Waals surface area contributed by atoms with Gasteiger partial charge in [0.1, 0.15) is 11.5 Å². The molecule has 4 rings (SSSR count). The first-order chi connectivity index (χ1) is 12.0. The van der Waals surface area contributed by atoms with Crippen LogP contribution < -0.4 is 5.32 Å². The molecule has 2 aromatic heterocycles. The van der Waals surface area contributed by atoms with Gasteiger partial charge in [-0.1, -0.05) is 0 Å². The first kappa shape index (κ1) is 15.8. The van der Waals surface area contributed by atoms with E-state index in [0.29, 0.717) is 17.1 Å². The number of halogens is 1. The summed E-state index contributed by atoms with van der Waals surface area (Å²) < 4.78 is 15.1. The van der Waals surface area contributed by atoms with Gasteiger partial charge in [0, 0.05) is 24.0 Å². The third kappa shape index (κ3) is 3.02. The van der Waals surface area contributed by atoms with Crippen LogP contribution in [0.25, 0.3) is 16.9 Å². The molecule has 3 aromatic rings. The summed E-state index contributed by atoms with van der Waals surface area (Å²) >= 11 is 0. The number of nitrogens with zero attached hydrogens (tertiary/aromatic N) is 2. The van der Waals surface area contributed by atoms with E-state index in [0.717, 1.165) is 16.8 Å². The number of carbonyl (C=O) groups excluding carboxylic acids is 1. The highest BCUT2D eigenvalue weighted by molar-refractivity contribution is 6.00. The molecular formula is C20H20FN3O. The summed E-state index contributed by atoms with van der Waals surface area (Å²) in [4.78, 5) is 17.3. The summed E-state index contributed by atoms with van der Waals surface area (Å²) in [5.74, 6) is 0.227. The average molecular weight is 337 g/mol. The van der Waals surface area contributed by atoms with Gasteiger partial charge in [0.15, 0.2) is 0 Å². The van der Waals surface area contributed by atoms with E-state index in [1.165, 1.54) is 25.0 Å². The van der Waals surface area contributed by atoms with E-state index in [4.69, 9.17) is 4.98 Å². The van der Waals surface area contributed by atoms with E-state index >= 15 is 0 Å². The first-order valence-electron chi connectivity index (χ1n) is 8.58. The normalized spacial score (nSPS) is 15.3. The van der Waals surface area contributed by atoms with Gasteiger partial charge in [0.25, 0.3) is 5.91 Å². The van der Waals surface area contributed by atoms with Gasteiger partial charge in [0.05, 0.1) is 11.3 Å². The Kier molecular flexibility index (Phi) is 3.79. The average Bonchev–Trinajstić information content (AvgIpc) is 3.36. The van der Waals surface area contributed by atoms with Crippen LogP contribution >= 0.6 is 0 Å². The van der Waals surface area contributed by atoms with Crippen LogP contribution in [0.2, 0.25) is 0 Å². The fourth-order valence-electron chi connectivity index (χ4n) is 3.20. The van der Waals surface area contributed by atoms with Crippen molar-refractivity contribution in [1.29, 1.82) is 0 Å². The quantitative estimate of drug-likeness (QED) is 0.783. The molecule has 5 heteroatoms. The van der Waals surface area contributed by atoms with E-state index < -0.39 is 0 Å². The monoisotopic (exact) mass is 337 g/mol. The maximum atomic E-state index is 13.2. The Morgan fingerprint density at radius 2 is 2.00 bits per heavy atom. The van der Waals surface area contributed by atoms with Crippen LogP contribution in [0.15, 0.2) is 42.7 Å². The first-order valence-corrected chi connectivity index (χ1v) is 8.58. The van der Waals surface area contributed by atoms with Crippen LogP contribution in [-0.2, 0) is 0 Å². The Balaban J connectivity index is 1.72. The zero-order valence-corrected chi connectivity index (χ0v) is 14.3. The summed E-state index contributed by atoms with van der Waals surface area (Å²) in [6.07, 6.45) is 6.16.